The van der Waals surface area contributed by atoms with E-state index < -0.39 is 5.82 Å². The lowest BCUT2D eigenvalue weighted by atomic mass is 9.97. The van der Waals surface area contributed by atoms with Gasteiger partial charge in [-0.25, -0.2) is 4.39 Å². The van der Waals surface area contributed by atoms with Crippen molar-refractivity contribution in [2.45, 2.75) is 19.8 Å². The van der Waals surface area contributed by atoms with E-state index in [1.807, 2.05) is 0 Å². The number of ketones is 1. The fourth-order valence-electron chi connectivity index (χ4n) is 1.19. The van der Waals surface area contributed by atoms with Crippen molar-refractivity contribution >= 4 is 5.78 Å². The largest absolute Gasteiger partial charge is 0.494 e. The predicted molar refractivity (Wildman–Crippen MR) is 52.0 cm³/mol. The third kappa shape index (κ3) is 2.10. The van der Waals surface area contributed by atoms with Gasteiger partial charge in [0.2, 0.25) is 0 Å². The maximum Gasteiger partial charge on any atom is 0.165 e. The van der Waals surface area contributed by atoms with Crippen molar-refractivity contribution in [2.24, 2.45) is 0 Å². The summed E-state index contributed by atoms with van der Waals surface area (Å²) >= 11 is 0. The zero-order valence-corrected chi connectivity index (χ0v) is 8.50. The molecule has 0 aromatic heterocycles. The molecule has 1 rings (SSSR count). The molecule has 0 bridgehead atoms. The molecule has 0 saturated carbocycles. The third-order valence-corrected chi connectivity index (χ3v) is 2.29. The summed E-state index contributed by atoms with van der Waals surface area (Å²) in [5, 5.41) is 0. The molecule has 0 radical (unpaired) electrons. The van der Waals surface area contributed by atoms with E-state index in [-0.39, 0.29) is 17.5 Å². The third-order valence-electron chi connectivity index (χ3n) is 2.29. The van der Waals surface area contributed by atoms with Crippen LogP contribution in [0.25, 0.3) is 0 Å². The number of rotatable bonds is 3. The molecule has 1 unspecified atom stereocenters. The highest BCUT2D eigenvalue weighted by atomic mass is 19.1. The Morgan fingerprint density at radius 3 is 2.57 bits per heavy atom. The number of carbonyl (C=O) groups is 1. The van der Waals surface area contributed by atoms with Gasteiger partial charge in [-0.2, -0.15) is 0 Å². The van der Waals surface area contributed by atoms with Gasteiger partial charge < -0.3 is 4.74 Å². The highest BCUT2D eigenvalue weighted by Crippen LogP contribution is 2.23. The number of carbonyl (C=O) groups excluding carboxylic acids is 1. The molecule has 0 N–H and O–H groups in total. The van der Waals surface area contributed by atoms with Crippen molar-refractivity contribution < 1.29 is 13.9 Å². The van der Waals surface area contributed by atoms with E-state index in [9.17, 15) is 9.18 Å². The van der Waals surface area contributed by atoms with Gasteiger partial charge in [0.25, 0.3) is 0 Å². The summed E-state index contributed by atoms with van der Waals surface area (Å²) in [7, 11) is 1.41. The average Bonchev–Trinajstić information content (AvgIpc) is 2.16. The van der Waals surface area contributed by atoms with E-state index in [0.717, 1.165) is 0 Å². The summed E-state index contributed by atoms with van der Waals surface area (Å²) in [6.45, 7) is 3.25. The molecule has 0 aliphatic heterocycles. The maximum atomic E-state index is 13.2. The molecule has 0 aliphatic carbocycles. The summed E-state index contributed by atoms with van der Waals surface area (Å²) in [4.78, 5) is 11.1. The van der Waals surface area contributed by atoms with Gasteiger partial charge in [-0.05, 0) is 24.6 Å². The molecule has 14 heavy (non-hydrogen) atoms. The smallest absolute Gasteiger partial charge is 0.165 e. The second-order valence-corrected chi connectivity index (χ2v) is 3.23. The Hall–Kier alpha value is -1.38. The van der Waals surface area contributed by atoms with E-state index >= 15 is 0 Å². The SMILES string of the molecule is COc1ccc(C(C)C(C)=O)cc1F. The van der Waals surface area contributed by atoms with Crippen LogP contribution in [0.3, 0.4) is 0 Å². The molecule has 1 aromatic carbocycles. The number of halogens is 1. The molecule has 0 fully saturated rings. The predicted octanol–water partition coefficient (Wildman–Crippen LogP) is 2.53. The van der Waals surface area contributed by atoms with Crippen molar-refractivity contribution in [1.82, 2.24) is 0 Å². The first-order chi connectivity index (χ1) is 6.56. The van der Waals surface area contributed by atoms with Crippen LogP contribution in [0.1, 0.15) is 25.3 Å². The van der Waals surface area contributed by atoms with Crippen LogP contribution in [0.2, 0.25) is 0 Å². The molecule has 0 heterocycles. The Bertz CT molecular complexity index is 347. The van der Waals surface area contributed by atoms with Crippen molar-refractivity contribution in [3.63, 3.8) is 0 Å². The van der Waals surface area contributed by atoms with Gasteiger partial charge in [0.15, 0.2) is 11.6 Å². The average molecular weight is 196 g/mol. The van der Waals surface area contributed by atoms with Gasteiger partial charge in [0.1, 0.15) is 5.78 Å². The van der Waals surface area contributed by atoms with E-state index in [0.29, 0.717) is 5.56 Å². The highest BCUT2D eigenvalue weighted by Gasteiger charge is 2.12. The molecule has 1 atom stereocenters. The summed E-state index contributed by atoms with van der Waals surface area (Å²) in [6.07, 6.45) is 0. The zero-order chi connectivity index (χ0) is 10.7. The maximum absolute atomic E-state index is 13.2. The van der Waals surface area contributed by atoms with Crippen LogP contribution in [0.4, 0.5) is 4.39 Å². The Morgan fingerprint density at radius 2 is 2.14 bits per heavy atom. The molecule has 0 amide bonds. The minimum atomic E-state index is -0.432. The standard InChI is InChI=1S/C11H13FO2/c1-7(8(2)13)9-4-5-11(14-3)10(12)6-9/h4-7H,1-3H3. The van der Waals surface area contributed by atoms with Crippen molar-refractivity contribution in [1.29, 1.82) is 0 Å². The Labute approximate surface area is 82.7 Å². The molecule has 0 saturated heterocycles. The Balaban J connectivity index is 3.02. The molecule has 76 valence electrons. The molecular weight excluding hydrogens is 183 g/mol. The number of benzene rings is 1. The van der Waals surface area contributed by atoms with Gasteiger partial charge in [-0.15, -0.1) is 0 Å². The molecule has 0 spiro atoms. The quantitative estimate of drug-likeness (QED) is 0.742. The number of ether oxygens (including phenoxy) is 1. The summed E-state index contributed by atoms with van der Waals surface area (Å²) in [6, 6.07) is 4.57. The van der Waals surface area contributed by atoms with Crippen molar-refractivity contribution in [3.05, 3.63) is 29.6 Å². The Kier molecular flexibility index (Phi) is 3.23. The lowest BCUT2D eigenvalue weighted by Gasteiger charge is -2.09. The van der Waals surface area contributed by atoms with E-state index in [1.165, 1.54) is 26.2 Å². The zero-order valence-electron chi connectivity index (χ0n) is 8.50. The van der Waals surface area contributed by atoms with Crippen LogP contribution in [-0.4, -0.2) is 12.9 Å². The van der Waals surface area contributed by atoms with Crippen LogP contribution in [0, 0.1) is 5.82 Å². The minimum Gasteiger partial charge on any atom is -0.494 e. The number of Topliss-reactive ketones (excluding diaryl/α,β-unsaturated/α-hetero) is 1. The first-order valence-corrected chi connectivity index (χ1v) is 4.40. The van der Waals surface area contributed by atoms with Gasteiger partial charge >= 0.3 is 0 Å². The van der Waals surface area contributed by atoms with E-state index in [1.54, 1.807) is 13.0 Å². The fraction of sp³-hybridized carbons (Fsp3) is 0.364. The second-order valence-electron chi connectivity index (χ2n) is 3.23. The first kappa shape index (κ1) is 10.7. The monoisotopic (exact) mass is 196 g/mol. The van der Waals surface area contributed by atoms with Gasteiger partial charge in [-0.3, -0.25) is 4.79 Å². The summed E-state index contributed by atoms with van der Waals surface area (Å²) in [5.41, 5.74) is 0.677. The van der Waals surface area contributed by atoms with Crippen molar-refractivity contribution in [3.8, 4) is 5.75 Å². The number of hydrogen-bond donors (Lipinski definition) is 0. The van der Waals surface area contributed by atoms with Crippen LogP contribution in [0.15, 0.2) is 18.2 Å². The summed E-state index contributed by atoms with van der Waals surface area (Å²) < 4.78 is 18.0. The molecule has 2 nitrogen and oxygen atoms in total. The highest BCUT2D eigenvalue weighted by molar-refractivity contribution is 5.82. The number of methoxy groups -OCH3 is 1. The van der Waals surface area contributed by atoms with E-state index in [4.69, 9.17) is 4.74 Å². The fourth-order valence-corrected chi connectivity index (χ4v) is 1.19. The minimum absolute atomic E-state index is 0.0227. The normalized spacial score (nSPS) is 12.3. The molecular formula is C11H13FO2. The topological polar surface area (TPSA) is 26.3 Å². The van der Waals surface area contributed by atoms with Gasteiger partial charge in [0, 0.05) is 5.92 Å². The van der Waals surface area contributed by atoms with E-state index in [2.05, 4.69) is 0 Å². The molecule has 0 aliphatic rings. The van der Waals surface area contributed by atoms with Crippen molar-refractivity contribution in [2.75, 3.05) is 7.11 Å². The van der Waals surface area contributed by atoms with Crippen LogP contribution in [-0.2, 0) is 4.79 Å². The lowest BCUT2D eigenvalue weighted by Crippen LogP contribution is -2.04. The van der Waals surface area contributed by atoms with Crippen LogP contribution in [0.5, 0.6) is 5.75 Å². The first-order valence-electron chi connectivity index (χ1n) is 4.40. The number of hydrogen-bond acceptors (Lipinski definition) is 2. The lowest BCUT2D eigenvalue weighted by molar-refractivity contribution is -0.118. The Morgan fingerprint density at radius 1 is 1.50 bits per heavy atom. The van der Waals surface area contributed by atoms with Crippen LogP contribution < -0.4 is 4.74 Å². The second kappa shape index (κ2) is 4.22. The summed E-state index contributed by atoms with van der Waals surface area (Å²) in [5.74, 6) is -0.479. The molecule has 1 aromatic rings. The molecule has 3 heteroatoms. The van der Waals surface area contributed by atoms with Crippen LogP contribution >= 0.6 is 0 Å². The van der Waals surface area contributed by atoms with Gasteiger partial charge in [-0.1, -0.05) is 13.0 Å². The van der Waals surface area contributed by atoms with Gasteiger partial charge in [0.05, 0.1) is 7.11 Å².